The van der Waals surface area contributed by atoms with Gasteiger partial charge in [0, 0.05) is 0 Å². The first-order chi connectivity index (χ1) is 12.6. The van der Waals surface area contributed by atoms with Gasteiger partial charge in [-0.25, -0.2) is 4.79 Å². The zero-order valence-electron chi connectivity index (χ0n) is 18.1. The zero-order chi connectivity index (χ0) is 22.2. The van der Waals surface area contributed by atoms with Gasteiger partial charge in [0.25, 0.3) is 0 Å². The van der Waals surface area contributed by atoms with E-state index in [2.05, 4.69) is 16.0 Å². The normalized spacial score (nSPS) is 14.8. The molecule has 9 nitrogen and oxygen atoms in total. The van der Waals surface area contributed by atoms with E-state index in [1.165, 1.54) is 6.92 Å². The third-order valence-corrected chi connectivity index (χ3v) is 3.69. The second-order valence-corrected chi connectivity index (χ2v) is 8.63. The van der Waals surface area contributed by atoms with Crippen LogP contribution in [0.2, 0.25) is 0 Å². The minimum atomic E-state index is -1.17. The van der Waals surface area contributed by atoms with E-state index in [0.717, 1.165) is 0 Å². The monoisotopic (exact) mass is 401 g/mol. The second-order valence-electron chi connectivity index (χ2n) is 8.63. The van der Waals surface area contributed by atoms with Gasteiger partial charge in [0.1, 0.15) is 23.7 Å². The van der Waals surface area contributed by atoms with Crippen molar-refractivity contribution in [3.8, 4) is 0 Å². The van der Waals surface area contributed by atoms with Crippen LogP contribution in [0, 0.1) is 11.8 Å². The molecule has 162 valence electrons. The van der Waals surface area contributed by atoms with Crippen molar-refractivity contribution in [1.29, 1.82) is 0 Å². The van der Waals surface area contributed by atoms with Gasteiger partial charge in [0.05, 0.1) is 0 Å². The van der Waals surface area contributed by atoms with Gasteiger partial charge in [-0.2, -0.15) is 0 Å². The lowest BCUT2D eigenvalue weighted by molar-refractivity contribution is -0.141. The lowest BCUT2D eigenvalue weighted by Crippen LogP contribution is -2.57. The summed E-state index contributed by atoms with van der Waals surface area (Å²) in [5.41, 5.74) is -0.713. The first-order valence-corrected chi connectivity index (χ1v) is 9.47. The molecule has 0 bridgehead atoms. The summed E-state index contributed by atoms with van der Waals surface area (Å²) >= 11 is 0. The van der Waals surface area contributed by atoms with Crippen molar-refractivity contribution >= 4 is 23.9 Å². The molecule has 0 rings (SSSR count). The van der Waals surface area contributed by atoms with Crippen LogP contribution in [0.1, 0.15) is 61.8 Å². The predicted molar refractivity (Wildman–Crippen MR) is 105 cm³/mol. The highest BCUT2D eigenvalue weighted by Crippen LogP contribution is 2.11. The Morgan fingerprint density at radius 1 is 0.893 bits per heavy atom. The third kappa shape index (κ3) is 10.1. The van der Waals surface area contributed by atoms with Gasteiger partial charge in [-0.15, -0.1) is 0 Å². The molecule has 0 saturated heterocycles. The number of aliphatic carboxylic acids is 1. The Hall–Kier alpha value is -2.32. The fourth-order valence-corrected chi connectivity index (χ4v) is 2.31. The summed E-state index contributed by atoms with van der Waals surface area (Å²) in [5.74, 6) is -2.48. The molecule has 9 heteroatoms. The summed E-state index contributed by atoms with van der Waals surface area (Å²) in [6.07, 6.45) is -0.410. The molecule has 0 aromatic heterocycles. The summed E-state index contributed by atoms with van der Waals surface area (Å²) in [6.45, 7) is 13.8. The summed E-state index contributed by atoms with van der Waals surface area (Å²) < 4.78 is 5.19. The minimum absolute atomic E-state index is 0.0764. The van der Waals surface area contributed by atoms with Crippen LogP contribution in [0.3, 0.4) is 0 Å². The Balaban J connectivity index is 5.24. The van der Waals surface area contributed by atoms with Crippen molar-refractivity contribution in [2.75, 3.05) is 0 Å². The molecule has 0 unspecified atom stereocenters. The predicted octanol–water partition coefficient (Wildman–Crippen LogP) is 1.66. The number of hydrogen-bond donors (Lipinski definition) is 4. The molecule has 0 saturated carbocycles. The van der Waals surface area contributed by atoms with Crippen molar-refractivity contribution in [2.24, 2.45) is 11.8 Å². The summed E-state index contributed by atoms with van der Waals surface area (Å²) in [5, 5.41) is 16.5. The number of carboxylic acid groups (broad SMARTS) is 1. The van der Waals surface area contributed by atoms with Crippen LogP contribution in [0.4, 0.5) is 4.79 Å². The molecule has 28 heavy (non-hydrogen) atoms. The highest BCUT2D eigenvalue weighted by molar-refractivity contribution is 5.92. The quantitative estimate of drug-likeness (QED) is 0.464. The van der Waals surface area contributed by atoms with Crippen LogP contribution in [0.15, 0.2) is 0 Å². The molecule has 3 atom stereocenters. The average molecular weight is 402 g/mol. The molecule has 0 aliphatic rings. The maximum absolute atomic E-state index is 12.7. The highest BCUT2D eigenvalue weighted by Gasteiger charge is 2.31. The van der Waals surface area contributed by atoms with Gasteiger partial charge in [-0.05, 0) is 46.0 Å². The summed E-state index contributed by atoms with van der Waals surface area (Å²) in [4.78, 5) is 48.2. The van der Waals surface area contributed by atoms with E-state index in [1.54, 1.807) is 34.6 Å². The molecule has 0 aromatic carbocycles. The van der Waals surface area contributed by atoms with E-state index < -0.39 is 47.6 Å². The van der Waals surface area contributed by atoms with Crippen LogP contribution in [0.5, 0.6) is 0 Å². The van der Waals surface area contributed by atoms with Crippen molar-refractivity contribution in [2.45, 2.75) is 85.5 Å². The van der Waals surface area contributed by atoms with E-state index in [9.17, 15) is 19.2 Å². The first kappa shape index (κ1) is 25.7. The van der Waals surface area contributed by atoms with Gasteiger partial charge in [0.2, 0.25) is 11.8 Å². The number of alkyl carbamates (subject to hydrolysis) is 1. The summed E-state index contributed by atoms with van der Waals surface area (Å²) in [7, 11) is 0. The number of carbonyl (C=O) groups is 4. The zero-order valence-corrected chi connectivity index (χ0v) is 18.1. The molecule has 3 amide bonds. The Bertz CT molecular complexity index is 569. The van der Waals surface area contributed by atoms with Gasteiger partial charge >= 0.3 is 12.1 Å². The fraction of sp³-hybridized carbons (Fsp3) is 0.789. The molecular formula is C19H35N3O6. The largest absolute Gasteiger partial charge is 0.480 e. The molecule has 0 fully saturated rings. The standard InChI is InChI=1S/C19H35N3O6/c1-10(2)9-13(15(23)20-12(5)17(25)26)21-16(24)14(11(3)4)22-18(27)28-19(6,7)8/h10-14H,9H2,1-8H3,(H,20,23)(H,21,24)(H,22,27)(H,25,26)/t12-,13+,14-/m0/s1. The Morgan fingerprint density at radius 3 is 1.82 bits per heavy atom. The number of carboxylic acids is 1. The summed E-state index contributed by atoms with van der Waals surface area (Å²) in [6, 6.07) is -2.91. The SMILES string of the molecule is CC(C)C[C@@H](NC(=O)[C@@H](NC(=O)OC(C)(C)C)C(C)C)C(=O)N[C@@H](C)C(=O)O. The number of ether oxygens (including phenoxy) is 1. The van der Waals surface area contributed by atoms with Crippen molar-refractivity contribution < 1.29 is 29.0 Å². The molecule has 0 aliphatic heterocycles. The van der Waals surface area contributed by atoms with E-state index in [1.807, 2.05) is 13.8 Å². The molecule has 4 N–H and O–H groups in total. The van der Waals surface area contributed by atoms with Gasteiger partial charge in [-0.1, -0.05) is 27.7 Å². The van der Waals surface area contributed by atoms with Gasteiger partial charge in [-0.3, -0.25) is 14.4 Å². The molecule has 0 radical (unpaired) electrons. The lowest BCUT2D eigenvalue weighted by Gasteiger charge is -2.27. The lowest BCUT2D eigenvalue weighted by atomic mass is 10.00. The third-order valence-electron chi connectivity index (χ3n) is 3.69. The minimum Gasteiger partial charge on any atom is -0.480 e. The molecule has 0 aliphatic carbocycles. The number of rotatable bonds is 9. The Labute approximate surface area is 167 Å². The fourth-order valence-electron chi connectivity index (χ4n) is 2.31. The topological polar surface area (TPSA) is 134 Å². The number of carbonyl (C=O) groups excluding carboxylic acids is 3. The molecule has 0 aromatic rings. The second kappa shape index (κ2) is 10.9. The number of hydrogen-bond acceptors (Lipinski definition) is 5. The van der Waals surface area contributed by atoms with E-state index >= 15 is 0 Å². The molecular weight excluding hydrogens is 366 g/mol. The van der Waals surface area contributed by atoms with Crippen LogP contribution in [0.25, 0.3) is 0 Å². The van der Waals surface area contributed by atoms with Crippen molar-refractivity contribution in [1.82, 2.24) is 16.0 Å². The van der Waals surface area contributed by atoms with E-state index in [-0.39, 0.29) is 11.8 Å². The first-order valence-electron chi connectivity index (χ1n) is 9.47. The van der Waals surface area contributed by atoms with Gasteiger partial charge < -0.3 is 25.8 Å². The van der Waals surface area contributed by atoms with E-state index in [0.29, 0.717) is 6.42 Å². The van der Waals surface area contributed by atoms with Crippen LogP contribution >= 0.6 is 0 Å². The number of amides is 3. The smallest absolute Gasteiger partial charge is 0.408 e. The van der Waals surface area contributed by atoms with Crippen molar-refractivity contribution in [3.05, 3.63) is 0 Å². The molecule has 0 heterocycles. The average Bonchev–Trinajstić information content (AvgIpc) is 2.48. The van der Waals surface area contributed by atoms with Crippen LogP contribution in [-0.4, -0.2) is 52.7 Å². The highest BCUT2D eigenvalue weighted by atomic mass is 16.6. The van der Waals surface area contributed by atoms with Crippen LogP contribution in [-0.2, 0) is 19.1 Å². The van der Waals surface area contributed by atoms with Gasteiger partial charge in [0.15, 0.2) is 0 Å². The van der Waals surface area contributed by atoms with E-state index in [4.69, 9.17) is 9.84 Å². The molecule has 0 spiro atoms. The number of nitrogens with one attached hydrogen (secondary N) is 3. The van der Waals surface area contributed by atoms with Crippen molar-refractivity contribution in [3.63, 3.8) is 0 Å². The maximum Gasteiger partial charge on any atom is 0.408 e. The van der Waals surface area contributed by atoms with Crippen LogP contribution < -0.4 is 16.0 Å². The Kier molecular flexibility index (Phi) is 9.97. The maximum atomic E-state index is 12.7. The Morgan fingerprint density at radius 2 is 1.43 bits per heavy atom.